The highest BCUT2D eigenvalue weighted by molar-refractivity contribution is 5.49. The molecule has 2 nitrogen and oxygen atoms in total. The monoisotopic (exact) mass is 162 g/mol. The molecule has 0 bridgehead atoms. The molecule has 0 aromatic carbocycles. The van der Waals surface area contributed by atoms with Crippen molar-refractivity contribution in [1.29, 1.82) is 0 Å². The Morgan fingerprint density at radius 3 is 2.67 bits per heavy atom. The Hall–Kier alpha value is -1.15. The Bertz CT molecular complexity index is 290. The van der Waals surface area contributed by atoms with E-state index >= 15 is 0 Å². The van der Waals surface area contributed by atoms with Crippen molar-refractivity contribution < 1.29 is 0 Å². The highest BCUT2D eigenvalue weighted by Gasteiger charge is 2.02. The maximum atomic E-state index is 5.69. The average molecular weight is 162 g/mol. The van der Waals surface area contributed by atoms with Gasteiger partial charge in [-0.25, -0.2) is 0 Å². The van der Waals surface area contributed by atoms with Crippen molar-refractivity contribution in [1.82, 2.24) is 4.98 Å². The molecule has 0 aliphatic heterocycles. The molecule has 0 fully saturated rings. The van der Waals surface area contributed by atoms with E-state index in [2.05, 4.69) is 11.6 Å². The lowest BCUT2D eigenvalue weighted by Crippen LogP contribution is -2.08. The van der Waals surface area contributed by atoms with E-state index in [9.17, 15) is 0 Å². The molecule has 0 saturated heterocycles. The second-order valence-electron chi connectivity index (χ2n) is 2.90. The summed E-state index contributed by atoms with van der Waals surface area (Å²) in [6, 6.07) is 3.94. The quantitative estimate of drug-likeness (QED) is 0.722. The Kier molecular flexibility index (Phi) is 2.61. The fourth-order valence-electron chi connectivity index (χ4n) is 1.06. The van der Waals surface area contributed by atoms with Gasteiger partial charge in [0.2, 0.25) is 0 Å². The van der Waals surface area contributed by atoms with Gasteiger partial charge in [0, 0.05) is 11.7 Å². The lowest BCUT2D eigenvalue weighted by molar-refractivity contribution is 0.775. The minimum absolute atomic E-state index is 0.00238. The number of hydrogen-bond donors (Lipinski definition) is 1. The Morgan fingerprint density at radius 1 is 1.58 bits per heavy atom. The van der Waals surface area contributed by atoms with Gasteiger partial charge in [-0.1, -0.05) is 18.7 Å². The van der Waals surface area contributed by atoms with Gasteiger partial charge in [0.1, 0.15) is 0 Å². The second-order valence-corrected chi connectivity index (χ2v) is 2.90. The van der Waals surface area contributed by atoms with E-state index < -0.39 is 0 Å². The number of aromatic nitrogens is 1. The van der Waals surface area contributed by atoms with Gasteiger partial charge in [0.15, 0.2) is 0 Å². The van der Waals surface area contributed by atoms with E-state index in [0.29, 0.717) is 0 Å². The number of aryl methyl sites for hydroxylation is 1. The van der Waals surface area contributed by atoms with Crippen LogP contribution in [0.25, 0.3) is 6.08 Å². The van der Waals surface area contributed by atoms with Crippen molar-refractivity contribution in [2.24, 2.45) is 5.73 Å². The molecular formula is C10H14N2. The van der Waals surface area contributed by atoms with Crippen LogP contribution in [0.3, 0.4) is 0 Å². The summed E-state index contributed by atoms with van der Waals surface area (Å²) in [7, 11) is 0. The van der Waals surface area contributed by atoms with Crippen LogP contribution in [0.5, 0.6) is 0 Å². The van der Waals surface area contributed by atoms with E-state index in [1.54, 1.807) is 6.08 Å². The fourth-order valence-corrected chi connectivity index (χ4v) is 1.06. The van der Waals surface area contributed by atoms with Crippen LogP contribution in [-0.4, -0.2) is 4.98 Å². The number of nitrogens with zero attached hydrogens (tertiary/aromatic N) is 1. The third-order valence-electron chi connectivity index (χ3n) is 1.83. The molecule has 2 heteroatoms. The van der Waals surface area contributed by atoms with Crippen LogP contribution in [0.2, 0.25) is 0 Å². The van der Waals surface area contributed by atoms with Gasteiger partial charge in [0.05, 0.1) is 5.69 Å². The molecule has 0 aliphatic rings. The zero-order chi connectivity index (χ0) is 9.14. The molecule has 1 atom stereocenters. The molecule has 0 spiro atoms. The third-order valence-corrected chi connectivity index (χ3v) is 1.83. The smallest absolute Gasteiger partial charge is 0.0571 e. The molecule has 0 unspecified atom stereocenters. The molecule has 1 aromatic rings. The van der Waals surface area contributed by atoms with Crippen LogP contribution >= 0.6 is 0 Å². The highest BCUT2D eigenvalue weighted by atomic mass is 14.8. The summed E-state index contributed by atoms with van der Waals surface area (Å²) in [4.78, 5) is 4.35. The zero-order valence-corrected chi connectivity index (χ0v) is 7.54. The average Bonchev–Trinajstić information content (AvgIpc) is 2.04. The maximum absolute atomic E-state index is 5.69. The minimum atomic E-state index is 0.00238. The van der Waals surface area contributed by atoms with Crippen LogP contribution in [0, 0.1) is 6.92 Å². The number of rotatable bonds is 2. The van der Waals surface area contributed by atoms with Crippen LogP contribution in [0.1, 0.15) is 29.9 Å². The summed E-state index contributed by atoms with van der Waals surface area (Å²) in [6.07, 6.45) is 1.80. The first-order chi connectivity index (χ1) is 5.65. The summed E-state index contributed by atoms with van der Waals surface area (Å²) in [6.45, 7) is 7.58. The fraction of sp³-hybridized carbons (Fsp3) is 0.300. The second kappa shape index (κ2) is 3.50. The SMILES string of the molecule is C=Cc1ccc([C@@H](C)N)nc1C. The van der Waals surface area contributed by atoms with Gasteiger partial charge >= 0.3 is 0 Å². The van der Waals surface area contributed by atoms with Gasteiger partial charge in [0.25, 0.3) is 0 Å². The van der Waals surface area contributed by atoms with Gasteiger partial charge in [-0.2, -0.15) is 0 Å². The Balaban J connectivity index is 3.10. The molecule has 64 valence electrons. The van der Waals surface area contributed by atoms with E-state index in [0.717, 1.165) is 17.0 Å². The molecule has 1 aromatic heterocycles. The molecule has 0 amide bonds. The van der Waals surface area contributed by atoms with Crippen molar-refractivity contribution in [3.8, 4) is 0 Å². The van der Waals surface area contributed by atoms with Crippen LogP contribution in [0.15, 0.2) is 18.7 Å². The Morgan fingerprint density at radius 2 is 2.25 bits per heavy atom. The summed E-state index contributed by atoms with van der Waals surface area (Å²) in [5.74, 6) is 0. The van der Waals surface area contributed by atoms with Gasteiger partial charge < -0.3 is 5.73 Å². The number of nitrogens with two attached hydrogens (primary N) is 1. The first-order valence-corrected chi connectivity index (χ1v) is 4.00. The van der Waals surface area contributed by atoms with E-state index in [1.165, 1.54) is 0 Å². The molecule has 1 heterocycles. The van der Waals surface area contributed by atoms with Gasteiger partial charge in [-0.15, -0.1) is 0 Å². The lowest BCUT2D eigenvalue weighted by Gasteiger charge is -2.06. The molecule has 0 radical (unpaired) electrons. The van der Waals surface area contributed by atoms with Crippen LogP contribution in [-0.2, 0) is 0 Å². The lowest BCUT2D eigenvalue weighted by atomic mass is 10.1. The summed E-state index contributed by atoms with van der Waals surface area (Å²) >= 11 is 0. The molecule has 0 saturated carbocycles. The van der Waals surface area contributed by atoms with Gasteiger partial charge in [-0.05, 0) is 25.5 Å². The van der Waals surface area contributed by atoms with E-state index in [1.807, 2.05) is 26.0 Å². The normalized spacial score (nSPS) is 12.6. The zero-order valence-electron chi connectivity index (χ0n) is 7.54. The Labute approximate surface area is 73.1 Å². The van der Waals surface area contributed by atoms with E-state index in [4.69, 9.17) is 5.73 Å². The minimum Gasteiger partial charge on any atom is -0.323 e. The van der Waals surface area contributed by atoms with Crippen molar-refractivity contribution in [2.75, 3.05) is 0 Å². The largest absolute Gasteiger partial charge is 0.323 e. The first-order valence-electron chi connectivity index (χ1n) is 4.00. The van der Waals surface area contributed by atoms with Crippen molar-refractivity contribution >= 4 is 6.08 Å². The number of hydrogen-bond acceptors (Lipinski definition) is 2. The van der Waals surface area contributed by atoms with Gasteiger partial charge in [-0.3, -0.25) is 4.98 Å². The highest BCUT2D eigenvalue weighted by Crippen LogP contribution is 2.11. The van der Waals surface area contributed by atoms with Crippen LogP contribution in [0.4, 0.5) is 0 Å². The predicted octanol–water partition coefficient (Wildman–Crippen LogP) is 2.05. The molecule has 0 aliphatic carbocycles. The molecular weight excluding hydrogens is 148 g/mol. The topological polar surface area (TPSA) is 38.9 Å². The molecule has 12 heavy (non-hydrogen) atoms. The standard InChI is InChI=1S/C10H14N2/c1-4-9-5-6-10(7(2)11)12-8(9)3/h4-7H,1,11H2,2-3H3/t7-/m1/s1. The summed E-state index contributed by atoms with van der Waals surface area (Å²) in [5.41, 5.74) is 8.67. The van der Waals surface area contributed by atoms with Crippen molar-refractivity contribution in [3.05, 3.63) is 35.7 Å². The predicted molar refractivity (Wildman–Crippen MR) is 51.7 cm³/mol. The first kappa shape index (κ1) is 8.94. The van der Waals surface area contributed by atoms with Crippen molar-refractivity contribution in [3.63, 3.8) is 0 Å². The van der Waals surface area contributed by atoms with E-state index in [-0.39, 0.29) is 6.04 Å². The summed E-state index contributed by atoms with van der Waals surface area (Å²) in [5, 5.41) is 0. The maximum Gasteiger partial charge on any atom is 0.0571 e. The molecule has 1 rings (SSSR count). The summed E-state index contributed by atoms with van der Waals surface area (Å²) < 4.78 is 0. The third kappa shape index (κ3) is 1.71. The van der Waals surface area contributed by atoms with Crippen LogP contribution < -0.4 is 5.73 Å². The molecule has 2 N–H and O–H groups in total. The number of pyridine rings is 1. The van der Waals surface area contributed by atoms with Crippen molar-refractivity contribution in [2.45, 2.75) is 19.9 Å².